The average molecular weight is 845 g/mol. The monoisotopic (exact) mass is 844 g/mol. The second kappa shape index (κ2) is 15.3. The fourth-order valence-electron chi connectivity index (χ4n) is 12.8. The van der Waals surface area contributed by atoms with E-state index >= 15 is 4.79 Å². The van der Waals surface area contributed by atoms with Crippen LogP contribution in [0.1, 0.15) is 93.2 Å². The Morgan fingerprint density at radius 2 is 1.42 bits per heavy atom. The van der Waals surface area contributed by atoms with Gasteiger partial charge in [0.25, 0.3) is 0 Å². The molecular weight excluding hydrogens is 790 g/mol. The molecule has 324 valence electrons. The number of Topliss-reactive ketones (excluding diaryl/α,β-unsaturated/α-hetero) is 1. The standard InChI is InChI=1S/C52H55F3N2O5/c1-34(36-10-6-4-7-11-36)56-46(60)57(32-35-14-20-41(21-15-35)62-52(53,54)55)33-50(61)27-24-44-48(50,3)26-23-43-47(2)25-22-40(58)30-49(47)28-29-51(43,44)42(31-49)45(59)39-18-16-38(17-19-39)37-12-8-5-9-13-37/h4-21,28-29,31,34,40,43-44,58,61H,22-27,30,32-33H2,1-3H3,(H,56,60)/t34-,40?,43-,44-,47-,48+,49+,50-,51-/m1/s1. The van der Waals surface area contributed by atoms with Crippen molar-refractivity contribution in [3.05, 3.63) is 150 Å². The summed E-state index contributed by atoms with van der Waals surface area (Å²) in [5.41, 5.74) is 1.39. The van der Waals surface area contributed by atoms with Crippen LogP contribution in [-0.4, -0.2) is 51.5 Å². The van der Waals surface area contributed by atoms with Gasteiger partial charge in [0.1, 0.15) is 5.75 Å². The summed E-state index contributed by atoms with van der Waals surface area (Å²) < 4.78 is 43.2. The van der Waals surface area contributed by atoms with Crippen LogP contribution in [0.5, 0.6) is 5.75 Å². The lowest BCUT2D eigenvalue weighted by Crippen LogP contribution is -2.67. The number of fused-ring (bicyclic) bond motifs is 1. The average Bonchev–Trinajstić information content (AvgIpc) is 3.53. The number of nitrogens with zero attached hydrogens (tertiary/aromatic N) is 1. The van der Waals surface area contributed by atoms with Crippen molar-refractivity contribution < 1.29 is 37.7 Å². The molecule has 2 amide bonds. The van der Waals surface area contributed by atoms with Gasteiger partial charge in [-0.05, 0) is 104 Å². The number of amides is 2. The summed E-state index contributed by atoms with van der Waals surface area (Å²) in [5, 5.41) is 27.5. The minimum Gasteiger partial charge on any atom is -0.406 e. The van der Waals surface area contributed by atoms with E-state index in [0.717, 1.165) is 35.1 Å². The quantitative estimate of drug-likeness (QED) is 0.109. The number of hydrogen-bond donors (Lipinski definition) is 3. The Balaban J connectivity index is 1.07. The normalized spacial score (nSPS) is 32.5. The molecule has 4 aromatic rings. The van der Waals surface area contributed by atoms with E-state index < -0.39 is 40.3 Å². The summed E-state index contributed by atoms with van der Waals surface area (Å²) >= 11 is 0. The second-order valence-electron chi connectivity index (χ2n) is 19.2. The number of ether oxygens (including phenoxy) is 1. The maximum Gasteiger partial charge on any atom is 0.573 e. The summed E-state index contributed by atoms with van der Waals surface area (Å²) in [7, 11) is 0. The van der Waals surface area contributed by atoms with E-state index in [0.29, 0.717) is 43.2 Å². The fourth-order valence-corrected chi connectivity index (χ4v) is 12.8. The van der Waals surface area contributed by atoms with E-state index in [-0.39, 0.29) is 47.9 Å². The highest BCUT2D eigenvalue weighted by atomic mass is 19.4. The Labute approximate surface area is 361 Å². The molecule has 2 spiro atoms. The first-order valence-corrected chi connectivity index (χ1v) is 22.0. The molecule has 4 aromatic carbocycles. The zero-order chi connectivity index (χ0) is 43.7. The first kappa shape index (κ1) is 42.1. The molecule has 3 saturated carbocycles. The predicted octanol–water partition coefficient (Wildman–Crippen LogP) is 11.0. The van der Waals surface area contributed by atoms with Gasteiger partial charge in [-0.15, -0.1) is 13.2 Å². The highest BCUT2D eigenvalue weighted by Gasteiger charge is 2.74. The van der Waals surface area contributed by atoms with Gasteiger partial charge < -0.3 is 25.2 Å². The van der Waals surface area contributed by atoms with Crippen LogP contribution in [-0.2, 0) is 6.54 Å². The van der Waals surface area contributed by atoms with Gasteiger partial charge in [0, 0.05) is 33.9 Å². The minimum absolute atomic E-state index is 0.0278. The van der Waals surface area contributed by atoms with Crippen LogP contribution >= 0.6 is 0 Å². The third-order valence-corrected chi connectivity index (χ3v) is 16.1. The van der Waals surface area contributed by atoms with Crippen LogP contribution in [0.3, 0.4) is 0 Å². The number of allylic oxidation sites excluding steroid dienone is 4. The van der Waals surface area contributed by atoms with Gasteiger partial charge in [0.05, 0.1) is 24.3 Å². The van der Waals surface area contributed by atoms with Gasteiger partial charge in [-0.2, -0.15) is 0 Å². The lowest BCUT2D eigenvalue weighted by molar-refractivity contribution is -0.274. The number of alkyl halides is 3. The number of ketones is 1. The Hall–Kier alpha value is -5.19. The molecule has 10 heteroatoms. The van der Waals surface area contributed by atoms with Crippen LogP contribution in [0.2, 0.25) is 0 Å². The summed E-state index contributed by atoms with van der Waals surface area (Å²) in [6.07, 6.45) is 5.96. The predicted molar refractivity (Wildman–Crippen MR) is 232 cm³/mol. The van der Waals surface area contributed by atoms with Crippen molar-refractivity contribution in [3.63, 3.8) is 0 Å². The van der Waals surface area contributed by atoms with Crippen LogP contribution in [0.4, 0.5) is 18.0 Å². The topological polar surface area (TPSA) is 99.1 Å². The molecule has 6 aliphatic carbocycles. The van der Waals surface area contributed by atoms with Gasteiger partial charge in [-0.3, -0.25) is 4.79 Å². The molecular formula is C52H55F3N2O5. The van der Waals surface area contributed by atoms with E-state index in [4.69, 9.17) is 0 Å². The molecule has 0 radical (unpaired) electrons. The van der Waals surface area contributed by atoms with Gasteiger partial charge in [-0.1, -0.05) is 129 Å². The Kier molecular flexibility index (Phi) is 10.4. The zero-order valence-corrected chi connectivity index (χ0v) is 35.5. The van der Waals surface area contributed by atoms with Crippen LogP contribution in [0, 0.1) is 33.5 Å². The van der Waals surface area contributed by atoms with Crippen molar-refractivity contribution in [2.24, 2.45) is 33.5 Å². The van der Waals surface area contributed by atoms with Gasteiger partial charge in [0.15, 0.2) is 5.78 Å². The van der Waals surface area contributed by atoms with E-state index in [2.05, 4.69) is 42.1 Å². The number of aliphatic hydroxyl groups is 2. The number of carbonyl (C=O) groups excluding carboxylic acids is 2. The van der Waals surface area contributed by atoms with Gasteiger partial charge in [0.2, 0.25) is 0 Å². The lowest BCUT2D eigenvalue weighted by Gasteiger charge is -2.71. The number of benzene rings is 4. The number of urea groups is 1. The molecule has 7 nitrogen and oxygen atoms in total. The summed E-state index contributed by atoms with van der Waals surface area (Å²) in [6, 6.07) is 32.1. The first-order valence-electron chi connectivity index (χ1n) is 22.0. The summed E-state index contributed by atoms with van der Waals surface area (Å²) in [4.78, 5) is 31.2. The SMILES string of the molecule is C[C@@H](NC(=O)N(Cc1ccc(OC(F)(F)F)cc1)C[C@]1(O)CC[C@H]2[C@]34C=C[C@@]5(C=C3C(=O)c3ccc(-c6ccccc6)cc3)CC(O)CC[C@]5(C)[C@H]4CC[C@@]21C)c1ccccc1. The minimum atomic E-state index is -4.84. The Bertz CT molecular complexity index is 2390. The molecule has 0 aliphatic heterocycles. The van der Waals surface area contributed by atoms with E-state index in [1.165, 1.54) is 24.3 Å². The molecule has 62 heavy (non-hydrogen) atoms. The number of aliphatic hydroxyl groups excluding tert-OH is 1. The van der Waals surface area contributed by atoms with E-state index in [1.54, 1.807) is 4.90 Å². The largest absolute Gasteiger partial charge is 0.573 e. The molecule has 0 aromatic heterocycles. The lowest BCUT2D eigenvalue weighted by atomic mass is 9.32. The molecule has 2 bridgehead atoms. The third kappa shape index (κ3) is 6.89. The second-order valence-corrected chi connectivity index (χ2v) is 19.2. The highest BCUT2D eigenvalue weighted by molar-refractivity contribution is 6.10. The molecule has 6 aliphatic rings. The van der Waals surface area contributed by atoms with Crippen molar-refractivity contribution in [1.29, 1.82) is 0 Å². The van der Waals surface area contributed by atoms with Crippen LogP contribution in [0.25, 0.3) is 11.1 Å². The van der Waals surface area contributed by atoms with Gasteiger partial charge >= 0.3 is 12.4 Å². The van der Waals surface area contributed by atoms with Crippen molar-refractivity contribution in [1.82, 2.24) is 10.2 Å². The number of carbonyl (C=O) groups is 2. The summed E-state index contributed by atoms with van der Waals surface area (Å²) in [5.74, 6) is -0.458. The smallest absolute Gasteiger partial charge is 0.406 e. The number of rotatable bonds is 10. The van der Waals surface area contributed by atoms with Gasteiger partial charge in [-0.25, -0.2) is 4.79 Å². The number of halogens is 3. The fraction of sp³-hybridized carbons (Fsp3) is 0.423. The molecule has 3 fully saturated rings. The van der Waals surface area contributed by atoms with Crippen LogP contribution < -0.4 is 10.1 Å². The zero-order valence-electron chi connectivity index (χ0n) is 35.5. The third-order valence-electron chi connectivity index (χ3n) is 16.1. The Morgan fingerprint density at radius 1 is 0.806 bits per heavy atom. The number of nitrogens with one attached hydrogen (secondary N) is 1. The van der Waals surface area contributed by atoms with E-state index in [1.807, 2.05) is 91.9 Å². The van der Waals surface area contributed by atoms with Crippen molar-refractivity contribution in [2.45, 2.75) is 96.4 Å². The van der Waals surface area contributed by atoms with Crippen LogP contribution in [0.15, 0.2) is 133 Å². The summed E-state index contributed by atoms with van der Waals surface area (Å²) in [6.45, 7) is 6.38. The Morgan fingerprint density at radius 3 is 2.10 bits per heavy atom. The first-order chi connectivity index (χ1) is 29.5. The molecule has 3 N–H and O–H groups in total. The molecule has 10 rings (SSSR count). The van der Waals surface area contributed by atoms with E-state index in [9.17, 15) is 28.2 Å². The molecule has 1 unspecified atom stereocenters. The number of hydrogen-bond acceptors (Lipinski definition) is 5. The van der Waals surface area contributed by atoms with Crippen molar-refractivity contribution >= 4 is 11.8 Å². The maximum absolute atomic E-state index is 15.2. The highest BCUT2D eigenvalue weighted by Crippen LogP contribution is 2.78. The molecule has 0 saturated heterocycles. The molecule has 0 heterocycles. The molecule has 9 atom stereocenters. The van der Waals surface area contributed by atoms with Crippen molar-refractivity contribution in [3.8, 4) is 16.9 Å². The maximum atomic E-state index is 15.2. The van der Waals surface area contributed by atoms with Crippen molar-refractivity contribution in [2.75, 3.05) is 6.54 Å².